The molecular formula is C13H16F3NO2. The smallest absolute Gasteiger partial charge is 0.380 e. The Labute approximate surface area is 109 Å². The maximum absolute atomic E-state index is 12.4. The van der Waals surface area contributed by atoms with Crippen LogP contribution in [0.25, 0.3) is 0 Å². The fraction of sp³-hybridized carbons (Fsp3) is 0.462. The van der Waals surface area contributed by atoms with Crippen molar-refractivity contribution in [2.45, 2.75) is 39.0 Å². The molecule has 1 atom stereocenters. The molecule has 0 fully saturated rings. The van der Waals surface area contributed by atoms with Crippen LogP contribution in [0.3, 0.4) is 0 Å². The number of carbonyl (C=O) groups excluding carboxylic acids is 1. The number of nitrogens with one attached hydrogen (secondary N) is 1. The van der Waals surface area contributed by atoms with Gasteiger partial charge < -0.3 is 10.4 Å². The molecule has 0 radical (unpaired) electrons. The number of amides is 1. The number of alkyl halides is 3. The van der Waals surface area contributed by atoms with Crippen molar-refractivity contribution >= 4 is 11.6 Å². The van der Waals surface area contributed by atoms with Crippen LogP contribution >= 0.6 is 0 Å². The van der Waals surface area contributed by atoms with E-state index in [0.717, 1.165) is 11.1 Å². The van der Waals surface area contributed by atoms with E-state index in [2.05, 4.69) is 5.32 Å². The van der Waals surface area contributed by atoms with Crippen LogP contribution in [0, 0.1) is 13.8 Å². The van der Waals surface area contributed by atoms with Crippen LogP contribution < -0.4 is 5.32 Å². The topological polar surface area (TPSA) is 49.3 Å². The monoisotopic (exact) mass is 275 g/mol. The highest BCUT2D eigenvalue weighted by Crippen LogP contribution is 2.32. The van der Waals surface area contributed by atoms with Gasteiger partial charge in [0.15, 0.2) is 5.60 Å². The summed E-state index contributed by atoms with van der Waals surface area (Å²) >= 11 is 0. The second kappa shape index (κ2) is 5.21. The summed E-state index contributed by atoms with van der Waals surface area (Å²) in [6.07, 6.45) is -5.88. The van der Waals surface area contributed by atoms with E-state index in [-0.39, 0.29) is 0 Å². The van der Waals surface area contributed by atoms with E-state index in [1.807, 2.05) is 6.07 Å². The first-order valence-corrected chi connectivity index (χ1v) is 5.69. The predicted octanol–water partition coefficient (Wildman–Crippen LogP) is 2.95. The molecule has 0 aromatic heterocycles. The Morgan fingerprint density at radius 2 is 1.89 bits per heavy atom. The lowest BCUT2D eigenvalue weighted by molar-refractivity contribution is -0.252. The van der Waals surface area contributed by atoms with E-state index in [9.17, 15) is 23.1 Å². The van der Waals surface area contributed by atoms with Gasteiger partial charge in [-0.15, -0.1) is 0 Å². The number of anilines is 1. The van der Waals surface area contributed by atoms with E-state index < -0.39 is 24.1 Å². The van der Waals surface area contributed by atoms with Gasteiger partial charge in [0, 0.05) is 5.69 Å². The van der Waals surface area contributed by atoms with Gasteiger partial charge in [-0.05, 0) is 38.0 Å². The Kier molecular flexibility index (Phi) is 4.25. The standard InChI is InChI=1S/C13H16F3NO2/c1-8-4-5-9(2)10(6-8)17-11(18)7-12(3,19)13(14,15)16/h4-6,19H,7H2,1-3H3,(H,17,18)/t12-/m0/s1. The summed E-state index contributed by atoms with van der Waals surface area (Å²) < 4.78 is 37.3. The number of carbonyl (C=O) groups is 1. The molecule has 1 rings (SSSR count). The maximum Gasteiger partial charge on any atom is 0.417 e. The molecule has 0 spiro atoms. The van der Waals surface area contributed by atoms with Crippen LogP contribution in [0.1, 0.15) is 24.5 Å². The summed E-state index contributed by atoms with van der Waals surface area (Å²) in [6.45, 7) is 4.12. The highest BCUT2D eigenvalue weighted by atomic mass is 19.4. The summed E-state index contributed by atoms with van der Waals surface area (Å²) in [4.78, 5) is 11.6. The number of aliphatic hydroxyl groups is 1. The van der Waals surface area contributed by atoms with Gasteiger partial charge in [-0.3, -0.25) is 4.79 Å². The lowest BCUT2D eigenvalue weighted by atomic mass is 10.0. The van der Waals surface area contributed by atoms with Gasteiger partial charge in [0.05, 0.1) is 6.42 Å². The summed E-state index contributed by atoms with van der Waals surface area (Å²) in [6, 6.07) is 5.25. The third-order valence-electron chi connectivity index (χ3n) is 2.78. The fourth-order valence-corrected chi connectivity index (χ4v) is 1.48. The molecule has 19 heavy (non-hydrogen) atoms. The van der Waals surface area contributed by atoms with Crippen molar-refractivity contribution < 1.29 is 23.1 Å². The Morgan fingerprint density at radius 1 is 1.32 bits per heavy atom. The van der Waals surface area contributed by atoms with Crippen LogP contribution in [0.5, 0.6) is 0 Å². The first kappa shape index (κ1) is 15.5. The third kappa shape index (κ3) is 3.96. The minimum absolute atomic E-state index is 0.447. The molecule has 106 valence electrons. The molecule has 1 amide bonds. The number of hydrogen-bond acceptors (Lipinski definition) is 2. The molecule has 0 unspecified atom stereocenters. The lowest BCUT2D eigenvalue weighted by Crippen LogP contribution is -2.44. The number of benzene rings is 1. The molecular weight excluding hydrogens is 259 g/mol. The van der Waals surface area contributed by atoms with Crippen LogP contribution in [0.4, 0.5) is 18.9 Å². The Morgan fingerprint density at radius 3 is 2.42 bits per heavy atom. The molecule has 0 bridgehead atoms. The first-order chi connectivity index (χ1) is 8.53. The van der Waals surface area contributed by atoms with Crippen molar-refractivity contribution in [3.8, 4) is 0 Å². The number of hydrogen-bond donors (Lipinski definition) is 2. The van der Waals surface area contributed by atoms with E-state index in [0.29, 0.717) is 12.6 Å². The van der Waals surface area contributed by atoms with Gasteiger partial charge in [-0.25, -0.2) is 0 Å². The quantitative estimate of drug-likeness (QED) is 0.891. The van der Waals surface area contributed by atoms with Crippen molar-refractivity contribution in [1.82, 2.24) is 0 Å². The second-order valence-corrected chi connectivity index (χ2v) is 4.81. The molecule has 0 heterocycles. The summed E-state index contributed by atoms with van der Waals surface area (Å²) in [5, 5.41) is 11.6. The Bertz CT molecular complexity index is 481. The SMILES string of the molecule is Cc1ccc(C)c(NC(=O)C[C@](C)(O)C(F)(F)F)c1. The van der Waals surface area contributed by atoms with Crippen molar-refractivity contribution in [1.29, 1.82) is 0 Å². The van der Waals surface area contributed by atoms with Crippen molar-refractivity contribution in [3.63, 3.8) is 0 Å². The van der Waals surface area contributed by atoms with Crippen molar-refractivity contribution in [2.75, 3.05) is 5.32 Å². The van der Waals surface area contributed by atoms with Gasteiger partial charge in [0.1, 0.15) is 0 Å². The van der Waals surface area contributed by atoms with Gasteiger partial charge >= 0.3 is 6.18 Å². The average molecular weight is 275 g/mol. The van der Waals surface area contributed by atoms with Crippen LogP contribution in [0.15, 0.2) is 18.2 Å². The fourth-order valence-electron chi connectivity index (χ4n) is 1.48. The van der Waals surface area contributed by atoms with Gasteiger partial charge in [0.2, 0.25) is 5.91 Å². The molecule has 0 aliphatic heterocycles. The van der Waals surface area contributed by atoms with Crippen molar-refractivity contribution in [3.05, 3.63) is 29.3 Å². The van der Waals surface area contributed by atoms with E-state index in [4.69, 9.17) is 0 Å². The van der Waals surface area contributed by atoms with E-state index in [1.54, 1.807) is 26.0 Å². The van der Waals surface area contributed by atoms with Crippen LogP contribution in [0.2, 0.25) is 0 Å². The predicted molar refractivity (Wildman–Crippen MR) is 65.8 cm³/mol. The highest BCUT2D eigenvalue weighted by Gasteiger charge is 2.50. The molecule has 3 nitrogen and oxygen atoms in total. The minimum atomic E-state index is -4.84. The maximum atomic E-state index is 12.4. The number of aryl methyl sites for hydroxylation is 2. The summed E-state index contributed by atoms with van der Waals surface area (Å²) in [5.41, 5.74) is -0.966. The molecule has 0 aliphatic rings. The Balaban J connectivity index is 2.79. The van der Waals surface area contributed by atoms with E-state index in [1.165, 1.54) is 0 Å². The zero-order valence-corrected chi connectivity index (χ0v) is 10.9. The second-order valence-electron chi connectivity index (χ2n) is 4.81. The Hall–Kier alpha value is -1.56. The molecule has 6 heteroatoms. The summed E-state index contributed by atoms with van der Waals surface area (Å²) in [5.74, 6) is -0.879. The largest absolute Gasteiger partial charge is 0.417 e. The molecule has 1 aromatic rings. The van der Waals surface area contributed by atoms with Gasteiger partial charge in [0.25, 0.3) is 0 Å². The zero-order chi connectivity index (χ0) is 14.8. The van der Waals surface area contributed by atoms with Crippen molar-refractivity contribution in [2.24, 2.45) is 0 Å². The number of halogens is 3. The average Bonchev–Trinajstić information content (AvgIpc) is 2.21. The zero-order valence-electron chi connectivity index (χ0n) is 10.9. The molecule has 2 N–H and O–H groups in total. The number of rotatable bonds is 3. The normalized spacial score (nSPS) is 14.9. The molecule has 1 aromatic carbocycles. The molecule has 0 saturated carbocycles. The van der Waals surface area contributed by atoms with Crippen LogP contribution in [-0.4, -0.2) is 22.8 Å². The van der Waals surface area contributed by atoms with Gasteiger partial charge in [-0.1, -0.05) is 12.1 Å². The lowest BCUT2D eigenvalue weighted by Gasteiger charge is -2.25. The minimum Gasteiger partial charge on any atom is -0.380 e. The highest BCUT2D eigenvalue weighted by molar-refractivity contribution is 5.92. The summed E-state index contributed by atoms with van der Waals surface area (Å²) in [7, 11) is 0. The van der Waals surface area contributed by atoms with Gasteiger partial charge in [-0.2, -0.15) is 13.2 Å². The van der Waals surface area contributed by atoms with Crippen LogP contribution in [-0.2, 0) is 4.79 Å². The van der Waals surface area contributed by atoms with E-state index >= 15 is 0 Å². The molecule has 0 aliphatic carbocycles. The molecule has 0 saturated heterocycles. The first-order valence-electron chi connectivity index (χ1n) is 5.69. The third-order valence-corrected chi connectivity index (χ3v) is 2.78.